The Hall–Kier alpha value is -6.10. The molecule has 63 heavy (non-hydrogen) atoms. The summed E-state index contributed by atoms with van der Waals surface area (Å²) in [7, 11) is 0. The molecule has 3 nitrogen and oxygen atoms in total. The zero-order valence-corrected chi connectivity index (χ0v) is 39.2. The van der Waals surface area contributed by atoms with Gasteiger partial charge in [-0.05, 0) is 83.5 Å². The third-order valence-electron chi connectivity index (χ3n) is 12.5. The first-order chi connectivity index (χ1) is 30.5. The number of aromatic nitrogens is 3. The molecule has 0 spiro atoms. The average molecular weight is 1010 g/mol. The number of nitrogens with zero attached hydrogens (tertiary/aromatic N) is 3. The molecule has 0 amide bonds. The summed E-state index contributed by atoms with van der Waals surface area (Å²) in [6, 6.07) is 64.8. The molecule has 0 N–H and O–H groups in total. The van der Waals surface area contributed by atoms with Crippen molar-refractivity contribution >= 4 is 43.2 Å². The third kappa shape index (κ3) is 7.73. The van der Waals surface area contributed by atoms with E-state index in [4.69, 9.17) is 15.0 Å². The standard InChI is InChI=1S/C39H35N2.C19H12NS.Ir/c1-5-22-39(23-6-2)32-21-19-27-14-7-8-15-29(27)36(32)30-20-18-28(24-33(30)39)38-40-34-17-10-9-16-31(34)37(41-38)35-25(3)12-11-13-26(35)4;1-2-7-14(8-3-1)15-9-6-10-16(13-15)19-20-17-11-4-5-12-18(17)21-19;/h7-17,19-21,24H,5-6,22-23H2,1-4H3;1-9,11-13H;/q2*-1;. The number of fused-ring (bicyclic) bond motifs is 7. The van der Waals surface area contributed by atoms with Gasteiger partial charge < -0.3 is 0 Å². The van der Waals surface area contributed by atoms with Gasteiger partial charge in [0.1, 0.15) is 0 Å². The van der Waals surface area contributed by atoms with E-state index in [2.05, 4.69) is 179 Å². The summed E-state index contributed by atoms with van der Waals surface area (Å²) < 4.78 is 1.21. The molecule has 11 rings (SSSR count). The summed E-state index contributed by atoms with van der Waals surface area (Å²) in [6.07, 6.45) is 4.50. The van der Waals surface area contributed by atoms with Crippen LogP contribution in [0.5, 0.6) is 0 Å². The minimum atomic E-state index is -0.0195. The average Bonchev–Trinajstić information content (AvgIpc) is 3.87. The summed E-state index contributed by atoms with van der Waals surface area (Å²) in [4.78, 5) is 15.1. The number of rotatable bonds is 8. The number of para-hydroxylation sites is 2. The van der Waals surface area contributed by atoms with Crippen LogP contribution in [-0.4, -0.2) is 15.0 Å². The van der Waals surface area contributed by atoms with Crippen molar-refractivity contribution in [3.8, 4) is 55.5 Å². The summed E-state index contributed by atoms with van der Waals surface area (Å²) >= 11 is 1.71. The number of thiazole rings is 1. The molecule has 0 bridgehead atoms. The molecule has 0 aliphatic heterocycles. The molecule has 311 valence electrons. The largest absolute Gasteiger partial charge is 0.285 e. The van der Waals surface area contributed by atoms with Crippen LogP contribution in [0.25, 0.3) is 87.4 Å². The third-order valence-corrected chi connectivity index (χ3v) is 13.6. The summed E-state index contributed by atoms with van der Waals surface area (Å²) in [5.74, 6) is 0.742. The van der Waals surface area contributed by atoms with Crippen molar-refractivity contribution < 1.29 is 20.1 Å². The van der Waals surface area contributed by atoms with Crippen molar-refractivity contribution in [1.82, 2.24) is 15.0 Å². The fourth-order valence-electron chi connectivity index (χ4n) is 9.81. The van der Waals surface area contributed by atoms with E-state index in [9.17, 15) is 0 Å². The maximum absolute atomic E-state index is 5.28. The van der Waals surface area contributed by atoms with Gasteiger partial charge in [0, 0.05) is 46.2 Å². The molecule has 0 unspecified atom stereocenters. The fourth-order valence-corrected chi connectivity index (χ4v) is 10.8. The first kappa shape index (κ1) is 42.2. The van der Waals surface area contributed by atoms with E-state index in [0.29, 0.717) is 0 Å². The van der Waals surface area contributed by atoms with Crippen LogP contribution >= 0.6 is 11.3 Å². The van der Waals surface area contributed by atoms with E-state index in [1.54, 1.807) is 11.3 Å². The Balaban J connectivity index is 0.000000192. The van der Waals surface area contributed by atoms with Crippen LogP contribution in [0.3, 0.4) is 0 Å². The molecule has 0 saturated heterocycles. The number of aryl methyl sites for hydroxylation is 2. The zero-order chi connectivity index (χ0) is 42.2. The van der Waals surface area contributed by atoms with Crippen molar-refractivity contribution in [3.05, 3.63) is 198 Å². The van der Waals surface area contributed by atoms with E-state index >= 15 is 0 Å². The quantitative estimate of drug-likeness (QED) is 0.142. The first-order valence-electron chi connectivity index (χ1n) is 21.8. The van der Waals surface area contributed by atoms with Gasteiger partial charge in [-0.2, -0.15) is 11.3 Å². The van der Waals surface area contributed by atoms with Gasteiger partial charge >= 0.3 is 0 Å². The Morgan fingerprint density at radius 1 is 0.556 bits per heavy atom. The predicted molar refractivity (Wildman–Crippen MR) is 262 cm³/mol. The Bertz CT molecular complexity index is 3200. The summed E-state index contributed by atoms with van der Waals surface area (Å²) in [5.41, 5.74) is 16.7. The van der Waals surface area contributed by atoms with Crippen LogP contribution in [0.1, 0.15) is 61.8 Å². The minimum Gasteiger partial charge on any atom is -0.285 e. The van der Waals surface area contributed by atoms with Gasteiger partial charge in [-0.3, -0.25) is 15.0 Å². The van der Waals surface area contributed by atoms with Crippen LogP contribution in [-0.2, 0) is 25.5 Å². The van der Waals surface area contributed by atoms with Crippen molar-refractivity contribution in [2.24, 2.45) is 0 Å². The van der Waals surface area contributed by atoms with Crippen LogP contribution in [0.4, 0.5) is 0 Å². The normalized spacial score (nSPS) is 12.4. The van der Waals surface area contributed by atoms with E-state index in [-0.39, 0.29) is 25.5 Å². The number of hydrogen-bond donors (Lipinski definition) is 0. The fraction of sp³-hybridized carbons (Fsp3) is 0.155. The maximum Gasteiger partial charge on any atom is 0.0763 e. The molecule has 1 radical (unpaired) electrons. The predicted octanol–water partition coefficient (Wildman–Crippen LogP) is 15.8. The molecule has 1 aliphatic rings. The molecule has 0 fully saturated rings. The van der Waals surface area contributed by atoms with Crippen LogP contribution in [0.15, 0.2) is 164 Å². The van der Waals surface area contributed by atoms with Crippen LogP contribution in [0.2, 0.25) is 0 Å². The Morgan fingerprint density at radius 3 is 2.02 bits per heavy atom. The Kier molecular flexibility index (Phi) is 12.0. The van der Waals surface area contributed by atoms with E-state index in [1.807, 2.05) is 24.3 Å². The zero-order valence-electron chi connectivity index (χ0n) is 36.0. The molecule has 5 heteroatoms. The van der Waals surface area contributed by atoms with Gasteiger partial charge in [0.25, 0.3) is 0 Å². The number of benzene rings is 8. The summed E-state index contributed by atoms with van der Waals surface area (Å²) in [6.45, 7) is 8.97. The second-order valence-electron chi connectivity index (χ2n) is 16.5. The molecule has 2 aromatic heterocycles. The van der Waals surface area contributed by atoms with Crippen LogP contribution < -0.4 is 0 Å². The molecular weight excluding hydrogens is 963 g/mol. The van der Waals surface area contributed by atoms with Gasteiger partial charge in [-0.25, -0.2) is 0 Å². The van der Waals surface area contributed by atoms with Gasteiger partial charge in [0.05, 0.1) is 22.6 Å². The SMILES string of the molecule is CCCC1(CCC)c2cc(-c3nc(-c4c(C)cccc4C)c4ccccc4n3)[c-]cc2-c2c1ccc1ccccc21.[Ir].[c-]1ccc(-c2ccccc2)cc1-c1nc2ccccc2s1. The molecule has 8 aromatic carbocycles. The smallest absolute Gasteiger partial charge is 0.0763 e. The second kappa shape index (κ2) is 17.9. The van der Waals surface area contributed by atoms with Crippen LogP contribution in [0, 0.1) is 26.0 Å². The van der Waals surface area contributed by atoms with Gasteiger partial charge in [0.15, 0.2) is 0 Å². The summed E-state index contributed by atoms with van der Waals surface area (Å²) in [5, 5.41) is 4.73. The molecule has 2 heterocycles. The first-order valence-corrected chi connectivity index (χ1v) is 22.6. The topological polar surface area (TPSA) is 38.7 Å². The Labute approximate surface area is 388 Å². The van der Waals surface area contributed by atoms with Crippen molar-refractivity contribution in [3.63, 3.8) is 0 Å². The van der Waals surface area contributed by atoms with Gasteiger partial charge in [0.2, 0.25) is 0 Å². The van der Waals surface area contributed by atoms with Gasteiger partial charge in [-0.15, -0.1) is 64.7 Å². The minimum absolute atomic E-state index is 0. The van der Waals surface area contributed by atoms with Gasteiger partial charge in [-0.1, -0.05) is 148 Å². The molecule has 1 aliphatic carbocycles. The second-order valence-corrected chi connectivity index (χ2v) is 17.5. The molecule has 0 saturated carbocycles. The maximum atomic E-state index is 5.28. The molecule has 0 atom stereocenters. The van der Waals surface area contributed by atoms with Crippen molar-refractivity contribution in [2.45, 2.75) is 58.8 Å². The molecular formula is C58H47IrN3S-2. The monoisotopic (exact) mass is 1010 g/mol. The van der Waals surface area contributed by atoms with Crippen molar-refractivity contribution in [2.75, 3.05) is 0 Å². The van der Waals surface area contributed by atoms with E-state index < -0.39 is 0 Å². The van der Waals surface area contributed by atoms with E-state index in [0.717, 1.165) is 69.8 Å². The molecule has 10 aromatic rings. The number of hydrogen-bond acceptors (Lipinski definition) is 4. The van der Waals surface area contributed by atoms with Crippen molar-refractivity contribution in [1.29, 1.82) is 0 Å². The van der Waals surface area contributed by atoms with E-state index in [1.165, 1.54) is 65.5 Å². The Morgan fingerprint density at radius 2 is 1.25 bits per heavy atom.